The molecule has 1 aromatic rings. The summed E-state index contributed by atoms with van der Waals surface area (Å²) in [5.74, 6) is -1.94. The Morgan fingerprint density at radius 2 is 1.88 bits per heavy atom. The molecule has 1 aromatic carbocycles. The van der Waals surface area contributed by atoms with Gasteiger partial charge < -0.3 is 15.5 Å². The summed E-state index contributed by atoms with van der Waals surface area (Å²) in [6.45, 7) is -0.687. The molecule has 3 N–H and O–H groups in total. The fourth-order valence-corrected chi connectivity index (χ4v) is 1.14. The maximum absolute atomic E-state index is 11.5. The van der Waals surface area contributed by atoms with Gasteiger partial charge in [0.15, 0.2) is 6.04 Å². The molecule has 17 heavy (non-hydrogen) atoms. The molecule has 6 heteroatoms. The third kappa shape index (κ3) is 3.39. The predicted octanol–water partition coefficient (Wildman–Crippen LogP) is -0.326. The Bertz CT molecular complexity index is 426. The van der Waals surface area contributed by atoms with Crippen LogP contribution in [0.2, 0.25) is 0 Å². The molecule has 0 radical (unpaired) electrons. The van der Waals surface area contributed by atoms with E-state index in [2.05, 4.69) is 5.32 Å². The van der Waals surface area contributed by atoms with Gasteiger partial charge in [-0.25, -0.2) is 4.79 Å². The average molecular weight is 237 g/mol. The molecule has 0 aliphatic rings. The van der Waals surface area contributed by atoms with Gasteiger partial charge in [-0.3, -0.25) is 9.59 Å². The molecule has 1 amide bonds. The Morgan fingerprint density at radius 1 is 1.29 bits per heavy atom. The van der Waals surface area contributed by atoms with E-state index in [9.17, 15) is 14.4 Å². The van der Waals surface area contributed by atoms with Crippen LogP contribution in [0.25, 0.3) is 0 Å². The van der Waals surface area contributed by atoms with Crippen molar-refractivity contribution in [1.29, 1.82) is 0 Å². The molecule has 0 saturated heterocycles. The zero-order chi connectivity index (χ0) is 12.8. The lowest BCUT2D eigenvalue weighted by molar-refractivity contribution is -0.140. The fraction of sp³-hybridized carbons (Fsp3) is 0.182. The minimum atomic E-state index is -1.34. The summed E-state index contributed by atoms with van der Waals surface area (Å²) in [4.78, 5) is 32.5. The third-order valence-corrected chi connectivity index (χ3v) is 2.09. The number of hydrogen-bond donors (Lipinski definition) is 3. The van der Waals surface area contributed by atoms with Crippen molar-refractivity contribution in [3.8, 4) is 0 Å². The molecule has 0 spiro atoms. The molecule has 0 aliphatic carbocycles. The van der Waals surface area contributed by atoms with E-state index in [0.717, 1.165) is 0 Å². The molecular formula is C11H11NO5. The van der Waals surface area contributed by atoms with Gasteiger partial charge in [-0.1, -0.05) is 12.1 Å². The average Bonchev–Trinajstić information content (AvgIpc) is 2.35. The van der Waals surface area contributed by atoms with Crippen molar-refractivity contribution < 1.29 is 24.6 Å². The standard InChI is InChI=1S/C11H11NO5/c13-5-7-1-3-8(4-2-7)10(15)12-9(6-14)11(16)17/h1-5,9,14H,6H2,(H,12,15)(H,16,17)/t9-/m1/s1. The van der Waals surface area contributed by atoms with Gasteiger partial charge in [-0.2, -0.15) is 0 Å². The summed E-state index contributed by atoms with van der Waals surface area (Å²) >= 11 is 0. The van der Waals surface area contributed by atoms with E-state index in [1.807, 2.05) is 0 Å². The van der Waals surface area contributed by atoms with E-state index in [1.165, 1.54) is 24.3 Å². The summed E-state index contributed by atoms with van der Waals surface area (Å²) in [6, 6.07) is 4.34. The first-order chi connectivity index (χ1) is 8.08. The lowest BCUT2D eigenvalue weighted by Gasteiger charge is -2.11. The van der Waals surface area contributed by atoms with Crippen LogP contribution in [0, 0.1) is 0 Å². The molecule has 90 valence electrons. The van der Waals surface area contributed by atoms with Crippen LogP contribution in [0.15, 0.2) is 24.3 Å². The first-order valence-electron chi connectivity index (χ1n) is 4.78. The Kier molecular flexibility index (Phi) is 4.36. The molecule has 6 nitrogen and oxygen atoms in total. The second kappa shape index (κ2) is 5.76. The molecule has 0 aromatic heterocycles. The Hall–Kier alpha value is -2.21. The van der Waals surface area contributed by atoms with Crippen molar-refractivity contribution in [3.63, 3.8) is 0 Å². The summed E-state index contributed by atoms with van der Waals surface area (Å²) < 4.78 is 0. The SMILES string of the molecule is O=Cc1ccc(C(=O)N[C@H](CO)C(=O)O)cc1. The fourth-order valence-electron chi connectivity index (χ4n) is 1.14. The second-order valence-electron chi connectivity index (χ2n) is 3.29. The minimum absolute atomic E-state index is 0.218. The number of amides is 1. The van der Waals surface area contributed by atoms with Crippen molar-refractivity contribution in [2.45, 2.75) is 6.04 Å². The van der Waals surface area contributed by atoms with Crippen LogP contribution in [0.5, 0.6) is 0 Å². The number of rotatable bonds is 5. The van der Waals surface area contributed by atoms with Gasteiger partial charge in [0.2, 0.25) is 0 Å². The number of carbonyl (C=O) groups excluding carboxylic acids is 2. The maximum Gasteiger partial charge on any atom is 0.328 e. The zero-order valence-corrected chi connectivity index (χ0v) is 8.79. The van der Waals surface area contributed by atoms with Crippen molar-refractivity contribution in [2.75, 3.05) is 6.61 Å². The first kappa shape index (κ1) is 12.9. The molecular weight excluding hydrogens is 226 g/mol. The molecule has 0 bridgehead atoms. The van der Waals surface area contributed by atoms with Gasteiger partial charge in [0.25, 0.3) is 5.91 Å². The normalized spacial score (nSPS) is 11.6. The predicted molar refractivity (Wildman–Crippen MR) is 57.8 cm³/mol. The lowest BCUT2D eigenvalue weighted by Crippen LogP contribution is -2.43. The molecule has 1 atom stereocenters. The smallest absolute Gasteiger partial charge is 0.328 e. The van der Waals surface area contributed by atoms with Crippen molar-refractivity contribution >= 4 is 18.2 Å². The molecule has 0 fully saturated rings. The number of aliphatic hydroxyl groups is 1. The Balaban J connectivity index is 2.75. The minimum Gasteiger partial charge on any atom is -0.480 e. The number of aliphatic carboxylic acids is 1. The Labute approximate surface area is 96.9 Å². The second-order valence-corrected chi connectivity index (χ2v) is 3.29. The molecule has 0 aliphatic heterocycles. The maximum atomic E-state index is 11.5. The summed E-state index contributed by atoms with van der Waals surface area (Å²) in [5, 5.41) is 19.5. The van der Waals surface area contributed by atoms with Crippen molar-refractivity contribution in [3.05, 3.63) is 35.4 Å². The van der Waals surface area contributed by atoms with E-state index < -0.39 is 24.5 Å². The molecule has 1 rings (SSSR count). The highest BCUT2D eigenvalue weighted by Crippen LogP contribution is 2.02. The topological polar surface area (TPSA) is 104 Å². The number of aldehydes is 1. The molecule has 0 heterocycles. The molecule has 0 saturated carbocycles. The Morgan fingerprint density at radius 3 is 2.29 bits per heavy atom. The van der Waals surface area contributed by atoms with Crippen LogP contribution >= 0.6 is 0 Å². The zero-order valence-electron chi connectivity index (χ0n) is 8.79. The van der Waals surface area contributed by atoms with Crippen LogP contribution in [-0.2, 0) is 4.79 Å². The number of carbonyl (C=O) groups is 3. The van der Waals surface area contributed by atoms with Gasteiger partial charge in [-0.05, 0) is 12.1 Å². The number of hydrogen-bond acceptors (Lipinski definition) is 4. The van der Waals surface area contributed by atoms with Gasteiger partial charge in [0.1, 0.15) is 6.29 Å². The summed E-state index contributed by atoms with van der Waals surface area (Å²) in [7, 11) is 0. The quantitative estimate of drug-likeness (QED) is 0.608. The van der Waals surface area contributed by atoms with Crippen LogP contribution in [0.3, 0.4) is 0 Å². The van der Waals surface area contributed by atoms with E-state index in [4.69, 9.17) is 10.2 Å². The van der Waals surface area contributed by atoms with Crippen LogP contribution in [-0.4, -0.2) is 41.0 Å². The lowest BCUT2D eigenvalue weighted by atomic mass is 10.1. The number of carboxylic acids is 1. The summed E-state index contributed by atoms with van der Waals surface area (Å²) in [6.07, 6.45) is 0.634. The van der Waals surface area contributed by atoms with Gasteiger partial charge in [0.05, 0.1) is 6.61 Å². The number of aliphatic hydroxyl groups excluding tert-OH is 1. The van der Waals surface area contributed by atoms with Crippen molar-refractivity contribution in [2.24, 2.45) is 0 Å². The summed E-state index contributed by atoms with van der Waals surface area (Å²) in [5.41, 5.74) is 0.633. The molecule has 0 unspecified atom stereocenters. The van der Waals surface area contributed by atoms with E-state index in [1.54, 1.807) is 0 Å². The van der Waals surface area contributed by atoms with E-state index in [-0.39, 0.29) is 5.56 Å². The number of nitrogens with one attached hydrogen (secondary N) is 1. The van der Waals surface area contributed by atoms with E-state index in [0.29, 0.717) is 11.8 Å². The van der Waals surface area contributed by atoms with Crippen LogP contribution in [0.4, 0.5) is 0 Å². The first-order valence-corrected chi connectivity index (χ1v) is 4.78. The highest BCUT2D eigenvalue weighted by Gasteiger charge is 2.19. The van der Waals surface area contributed by atoms with Gasteiger partial charge in [-0.15, -0.1) is 0 Å². The number of carboxylic acid groups (broad SMARTS) is 1. The highest BCUT2D eigenvalue weighted by molar-refractivity contribution is 5.97. The van der Waals surface area contributed by atoms with Crippen molar-refractivity contribution in [1.82, 2.24) is 5.32 Å². The largest absolute Gasteiger partial charge is 0.480 e. The van der Waals surface area contributed by atoms with Gasteiger partial charge in [0, 0.05) is 11.1 Å². The van der Waals surface area contributed by atoms with Crippen LogP contribution < -0.4 is 5.32 Å². The van der Waals surface area contributed by atoms with Gasteiger partial charge >= 0.3 is 5.97 Å². The monoisotopic (exact) mass is 237 g/mol. The third-order valence-electron chi connectivity index (χ3n) is 2.09. The highest BCUT2D eigenvalue weighted by atomic mass is 16.4. The van der Waals surface area contributed by atoms with Crippen LogP contribution in [0.1, 0.15) is 20.7 Å². The number of benzene rings is 1. The van der Waals surface area contributed by atoms with E-state index >= 15 is 0 Å².